The number of halogens is 1. The summed E-state index contributed by atoms with van der Waals surface area (Å²) in [6.45, 7) is 0. The number of para-hydroxylation sites is 1. The van der Waals surface area contributed by atoms with Gasteiger partial charge in [-0.1, -0.05) is 29.8 Å². The molecule has 29 heavy (non-hydrogen) atoms. The van der Waals surface area contributed by atoms with Gasteiger partial charge >= 0.3 is 0 Å². The lowest BCUT2D eigenvalue weighted by Crippen LogP contribution is -2.26. The van der Waals surface area contributed by atoms with Crippen molar-refractivity contribution in [2.24, 2.45) is 0 Å². The molecule has 3 aromatic carbocycles. The molecule has 3 rings (SSSR count). The van der Waals surface area contributed by atoms with Crippen molar-refractivity contribution in [3.63, 3.8) is 0 Å². The molecule has 6 nitrogen and oxygen atoms in total. The number of sulfonamides is 1. The average molecular weight is 431 g/mol. The van der Waals surface area contributed by atoms with E-state index in [-0.39, 0.29) is 10.5 Å². The summed E-state index contributed by atoms with van der Waals surface area (Å²) in [5.41, 5.74) is 1.12. The highest BCUT2D eigenvalue weighted by molar-refractivity contribution is 7.92. The molecular weight excluding hydrogens is 412 g/mol. The maximum absolute atomic E-state index is 13.0. The van der Waals surface area contributed by atoms with Crippen LogP contribution >= 0.6 is 11.6 Å². The Morgan fingerprint density at radius 2 is 1.69 bits per heavy atom. The lowest BCUT2D eigenvalue weighted by atomic mass is 10.2. The zero-order chi connectivity index (χ0) is 21.0. The van der Waals surface area contributed by atoms with Crippen LogP contribution in [0, 0.1) is 0 Å². The Morgan fingerprint density at radius 1 is 1.00 bits per heavy atom. The second-order valence-corrected chi connectivity index (χ2v) is 8.51. The predicted octanol–water partition coefficient (Wildman–Crippen LogP) is 4.43. The molecule has 0 saturated heterocycles. The van der Waals surface area contributed by atoms with Crippen LogP contribution in [0.25, 0.3) is 0 Å². The molecule has 8 heteroatoms. The number of hydrogen-bond acceptors (Lipinski definition) is 4. The number of nitrogens with one attached hydrogen (secondary N) is 1. The van der Waals surface area contributed by atoms with Crippen LogP contribution in [0.3, 0.4) is 0 Å². The second kappa shape index (κ2) is 8.55. The highest BCUT2D eigenvalue weighted by Gasteiger charge is 2.22. The molecule has 0 radical (unpaired) electrons. The van der Waals surface area contributed by atoms with Crippen molar-refractivity contribution in [2.75, 3.05) is 23.8 Å². The summed E-state index contributed by atoms with van der Waals surface area (Å²) >= 11 is 6.06. The van der Waals surface area contributed by atoms with Crippen molar-refractivity contribution < 1.29 is 17.9 Å². The summed E-state index contributed by atoms with van der Waals surface area (Å²) < 4.78 is 32.3. The van der Waals surface area contributed by atoms with Crippen LogP contribution in [0.1, 0.15) is 10.4 Å². The Kier molecular flexibility index (Phi) is 6.10. The van der Waals surface area contributed by atoms with Gasteiger partial charge in [0.1, 0.15) is 5.75 Å². The molecular formula is C21H19ClN2O4S. The van der Waals surface area contributed by atoms with Crippen LogP contribution in [0.15, 0.2) is 77.7 Å². The molecule has 1 amide bonds. The molecule has 3 aromatic rings. The Labute approximate surface area is 174 Å². The summed E-state index contributed by atoms with van der Waals surface area (Å²) in [6.07, 6.45) is 0. The van der Waals surface area contributed by atoms with E-state index >= 15 is 0 Å². The summed E-state index contributed by atoms with van der Waals surface area (Å²) in [7, 11) is -0.874. The molecule has 0 aliphatic heterocycles. The molecule has 0 heterocycles. The van der Waals surface area contributed by atoms with Gasteiger partial charge in [-0.3, -0.25) is 9.10 Å². The number of hydrogen-bond donors (Lipinski definition) is 1. The lowest BCUT2D eigenvalue weighted by Gasteiger charge is -2.20. The van der Waals surface area contributed by atoms with Gasteiger partial charge in [0.25, 0.3) is 15.9 Å². The van der Waals surface area contributed by atoms with Crippen molar-refractivity contribution in [1.82, 2.24) is 0 Å². The summed E-state index contributed by atoms with van der Waals surface area (Å²) in [6, 6.07) is 19.3. The van der Waals surface area contributed by atoms with Gasteiger partial charge in [0.15, 0.2) is 0 Å². The SMILES string of the molecule is COc1ccc(N(C)S(=O)(=O)c2cccc(C(=O)Nc3ccccc3Cl)c2)cc1. The Hall–Kier alpha value is -3.03. The highest BCUT2D eigenvalue weighted by Crippen LogP contribution is 2.25. The summed E-state index contributed by atoms with van der Waals surface area (Å²) in [5, 5.41) is 3.08. The second-order valence-electron chi connectivity index (χ2n) is 6.13. The molecule has 0 atom stereocenters. The molecule has 1 N–H and O–H groups in total. The standard InChI is InChI=1S/C21H19ClN2O4S/c1-24(16-10-12-17(28-2)13-11-16)29(26,27)18-7-5-6-15(14-18)21(25)23-20-9-4-3-8-19(20)22/h3-14H,1-2H3,(H,23,25). The van der Waals surface area contributed by atoms with Gasteiger partial charge in [0.2, 0.25) is 0 Å². The van der Waals surface area contributed by atoms with E-state index < -0.39 is 15.9 Å². The fourth-order valence-electron chi connectivity index (χ4n) is 2.64. The number of ether oxygens (including phenoxy) is 1. The van der Waals surface area contributed by atoms with E-state index in [4.69, 9.17) is 16.3 Å². The number of methoxy groups -OCH3 is 1. The minimum atomic E-state index is -3.86. The number of amides is 1. The Balaban J connectivity index is 1.87. The smallest absolute Gasteiger partial charge is 0.264 e. The van der Waals surface area contributed by atoms with Crippen molar-refractivity contribution in [3.8, 4) is 5.75 Å². The van der Waals surface area contributed by atoms with Crippen LogP contribution < -0.4 is 14.4 Å². The molecule has 0 unspecified atom stereocenters. The number of benzene rings is 3. The van der Waals surface area contributed by atoms with Crippen LogP contribution in [0.2, 0.25) is 5.02 Å². The average Bonchev–Trinajstić information content (AvgIpc) is 2.75. The number of rotatable bonds is 6. The fraction of sp³-hybridized carbons (Fsp3) is 0.0952. The van der Waals surface area contributed by atoms with Gasteiger partial charge in [-0.15, -0.1) is 0 Å². The zero-order valence-corrected chi connectivity index (χ0v) is 17.4. The molecule has 0 bridgehead atoms. The fourth-order valence-corrected chi connectivity index (χ4v) is 4.07. The van der Waals surface area contributed by atoms with Gasteiger partial charge in [0.05, 0.1) is 28.4 Å². The van der Waals surface area contributed by atoms with E-state index in [0.29, 0.717) is 22.1 Å². The third-order valence-electron chi connectivity index (χ3n) is 4.31. The first-order chi connectivity index (χ1) is 13.8. The minimum Gasteiger partial charge on any atom is -0.497 e. The molecule has 0 aromatic heterocycles. The lowest BCUT2D eigenvalue weighted by molar-refractivity contribution is 0.102. The number of carbonyl (C=O) groups excluding carboxylic acids is 1. The molecule has 0 aliphatic rings. The van der Waals surface area contributed by atoms with E-state index in [0.717, 1.165) is 4.31 Å². The van der Waals surface area contributed by atoms with Gasteiger partial charge in [-0.2, -0.15) is 0 Å². The van der Waals surface area contributed by atoms with Crippen LogP contribution in [-0.4, -0.2) is 28.5 Å². The van der Waals surface area contributed by atoms with Gasteiger partial charge in [0, 0.05) is 12.6 Å². The monoisotopic (exact) mass is 430 g/mol. The van der Waals surface area contributed by atoms with E-state index in [1.165, 1.54) is 32.4 Å². The normalized spacial score (nSPS) is 11.0. The zero-order valence-electron chi connectivity index (χ0n) is 15.8. The molecule has 0 saturated carbocycles. The topological polar surface area (TPSA) is 75.7 Å². The largest absolute Gasteiger partial charge is 0.497 e. The molecule has 0 spiro atoms. The first kappa shape index (κ1) is 20.7. The maximum atomic E-state index is 13.0. The van der Waals surface area contributed by atoms with Gasteiger partial charge in [-0.05, 0) is 54.6 Å². The molecule has 150 valence electrons. The summed E-state index contributed by atoms with van der Waals surface area (Å²) in [5.74, 6) is 0.167. The van der Waals surface area contributed by atoms with Crippen LogP contribution in [0.5, 0.6) is 5.75 Å². The maximum Gasteiger partial charge on any atom is 0.264 e. The Morgan fingerprint density at radius 3 is 2.34 bits per heavy atom. The minimum absolute atomic E-state index is 0.00243. The molecule has 0 fully saturated rings. The van der Waals surface area contributed by atoms with E-state index in [9.17, 15) is 13.2 Å². The van der Waals surface area contributed by atoms with Gasteiger partial charge in [-0.25, -0.2) is 8.42 Å². The van der Waals surface area contributed by atoms with E-state index in [2.05, 4.69) is 5.32 Å². The number of anilines is 2. The van der Waals surface area contributed by atoms with Crippen molar-refractivity contribution in [1.29, 1.82) is 0 Å². The van der Waals surface area contributed by atoms with Crippen molar-refractivity contribution in [2.45, 2.75) is 4.90 Å². The molecule has 0 aliphatic carbocycles. The van der Waals surface area contributed by atoms with Gasteiger partial charge < -0.3 is 10.1 Å². The Bertz CT molecular complexity index is 1130. The third-order valence-corrected chi connectivity index (χ3v) is 6.42. The van der Waals surface area contributed by atoms with Crippen LogP contribution in [0.4, 0.5) is 11.4 Å². The number of nitrogens with zero attached hydrogens (tertiary/aromatic N) is 1. The van der Waals surface area contributed by atoms with E-state index in [1.807, 2.05) is 0 Å². The van der Waals surface area contributed by atoms with E-state index in [1.54, 1.807) is 54.6 Å². The highest BCUT2D eigenvalue weighted by atomic mass is 35.5. The van der Waals surface area contributed by atoms with Crippen LogP contribution in [-0.2, 0) is 10.0 Å². The quantitative estimate of drug-likeness (QED) is 0.627. The summed E-state index contributed by atoms with van der Waals surface area (Å²) in [4.78, 5) is 12.6. The van der Waals surface area contributed by atoms with Crippen molar-refractivity contribution in [3.05, 3.63) is 83.4 Å². The van der Waals surface area contributed by atoms with Crippen molar-refractivity contribution >= 4 is 38.9 Å². The number of carbonyl (C=O) groups is 1. The third kappa shape index (κ3) is 4.52. The predicted molar refractivity (Wildman–Crippen MR) is 114 cm³/mol. The first-order valence-corrected chi connectivity index (χ1v) is 10.4. The first-order valence-electron chi connectivity index (χ1n) is 8.62.